The largest absolute Gasteiger partial charge is 0.183 e. The van der Waals surface area contributed by atoms with E-state index >= 15 is 0 Å². The molecule has 0 aliphatic heterocycles. The first-order chi connectivity index (χ1) is 4.09. The minimum atomic E-state index is -0.495. The van der Waals surface area contributed by atoms with Gasteiger partial charge in [0.05, 0.1) is 8.80 Å². The summed E-state index contributed by atoms with van der Waals surface area (Å²) in [6.45, 7) is 9.31. The second-order valence-electron chi connectivity index (χ2n) is 3.33. The lowest BCUT2D eigenvalue weighted by Gasteiger charge is -2.20. The van der Waals surface area contributed by atoms with Crippen LogP contribution in [-0.2, 0) is 0 Å². The van der Waals surface area contributed by atoms with Gasteiger partial charge in [-0.2, -0.15) is 12.6 Å². The highest BCUT2D eigenvalue weighted by molar-refractivity contribution is 7.82. The molecular weight excluding hydrogens is 144 g/mol. The Hall–Kier alpha value is 0.567. The van der Waals surface area contributed by atoms with Crippen LogP contribution in [0.25, 0.3) is 0 Å². The first kappa shape index (κ1) is 9.57. The van der Waals surface area contributed by atoms with Crippen molar-refractivity contribution < 1.29 is 0 Å². The highest BCUT2D eigenvalue weighted by atomic mass is 32.1. The molecule has 0 N–H and O–H groups in total. The maximum absolute atomic E-state index is 4.36. The number of hydrogen-bond acceptors (Lipinski definition) is 1. The molecule has 0 spiro atoms. The molecule has 0 aromatic heterocycles. The van der Waals surface area contributed by atoms with E-state index < -0.39 is 8.80 Å². The number of hydrogen-bond donors (Lipinski definition) is 1. The van der Waals surface area contributed by atoms with E-state index in [0.29, 0.717) is 0 Å². The fourth-order valence-corrected chi connectivity index (χ4v) is 6.10. The van der Waals surface area contributed by atoms with Gasteiger partial charge in [-0.1, -0.05) is 38.8 Å². The van der Waals surface area contributed by atoms with Crippen molar-refractivity contribution in [2.45, 2.75) is 38.8 Å². The molecule has 0 radical (unpaired) electrons. The molecule has 2 heteroatoms. The Bertz CT molecular complexity index is 63.3. The van der Waals surface area contributed by atoms with E-state index in [2.05, 4.69) is 40.3 Å². The van der Waals surface area contributed by atoms with Crippen LogP contribution in [0.2, 0.25) is 11.1 Å². The molecule has 0 aliphatic carbocycles. The Balaban J connectivity index is 3.68. The van der Waals surface area contributed by atoms with Gasteiger partial charge >= 0.3 is 0 Å². The van der Waals surface area contributed by atoms with Gasteiger partial charge in [0.2, 0.25) is 0 Å². The van der Waals surface area contributed by atoms with Gasteiger partial charge in [-0.05, 0) is 5.38 Å². The quantitative estimate of drug-likeness (QED) is 0.478. The molecule has 0 bridgehead atoms. The molecule has 0 atom stereocenters. The van der Waals surface area contributed by atoms with Crippen LogP contribution in [0, 0.1) is 0 Å². The summed E-state index contributed by atoms with van der Waals surface area (Å²) in [5.41, 5.74) is 1.84. The molecular formula is C7H18SSi. The average Bonchev–Trinajstić information content (AvgIpc) is 1.64. The summed E-state index contributed by atoms with van der Waals surface area (Å²) < 4.78 is 0. The van der Waals surface area contributed by atoms with Crippen LogP contribution in [0.15, 0.2) is 0 Å². The zero-order valence-electron chi connectivity index (χ0n) is 6.89. The fraction of sp³-hybridized carbons (Fsp3) is 1.00. The molecule has 56 valence electrons. The van der Waals surface area contributed by atoms with Gasteiger partial charge in [0.1, 0.15) is 0 Å². The van der Waals surface area contributed by atoms with Crippen molar-refractivity contribution in [1.29, 1.82) is 0 Å². The second kappa shape index (κ2) is 4.39. The van der Waals surface area contributed by atoms with E-state index in [9.17, 15) is 0 Å². The molecule has 0 aliphatic rings. The van der Waals surface area contributed by atoms with Gasteiger partial charge < -0.3 is 0 Å². The van der Waals surface area contributed by atoms with E-state index in [4.69, 9.17) is 0 Å². The van der Waals surface area contributed by atoms with Gasteiger partial charge in [-0.25, -0.2) is 0 Å². The van der Waals surface area contributed by atoms with Crippen LogP contribution in [0.3, 0.4) is 0 Å². The maximum Gasteiger partial charge on any atom is 0.0526 e. The smallest absolute Gasteiger partial charge is 0.0526 e. The van der Waals surface area contributed by atoms with E-state index in [-0.39, 0.29) is 0 Å². The summed E-state index contributed by atoms with van der Waals surface area (Å²) in [4.78, 5) is 0. The summed E-state index contributed by atoms with van der Waals surface area (Å²) in [5.74, 6) is 0. The minimum Gasteiger partial charge on any atom is -0.183 e. The number of thiol groups is 1. The molecule has 0 rings (SSSR count). The summed E-state index contributed by atoms with van der Waals surface area (Å²) in [5, 5.41) is 1.16. The van der Waals surface area contributed by atoms with Crippen LogP contribution in [-0.4, -0.2) is 14.2 Å². The van der Waals surface area contributed by atoms with E-state index in [1.165, 1.54) is 0 Å². The maximum atomic E-state index is 4.36. The van der Waals surface area contributed by atoms with Crippen LogP contribution < -0.4 is 0 Å². The second-order valence-corrected chi connectivity index (χ2v) is 8.79. The van der Waals surface area contributed by atoms with Crippen molar-refractivity contribution in [3.8, 4) is 0 Å². The first-order valence-corrected chi connectivity index (χ1v) is 6.48. The van der Waals surface area contributed by atoms with Crippen LogP contribution >= 0.6 is 12.6 Å². The van der Waals surface area contributed by atoms with Crippen molar-refractivity contribution >= 4 is 21.4 Å². The third-order valence-corrected chi connectivity index (χ3v) is 7.04. The summed E-state index contributed by atoms with van der Waals surface area (Å²) >= 11 is 4.36. The Labute approximate surface area is 66.1 Å². The molecule has 0 aromatic rings. The highest BCUT2D eigenvalue weighted by Gasteiger charge is 2.16. The third-order valence-electron chi connectivity index (χ3n) is 1.92. The summed E-state index contributed by atoms with van der Waals surface area (Å²) in [6, 6.07) is 0. The van der Waals surface area contributed by atoms with Gasteiger partial charge in [-0.15, -0.1) is 0 Å². The monoisotopic (exact) mass is 162 g/mol. The van der Waals surface area contributed by atoms with E-state index in [1.807, 2.05) is 0 Å². The lowest BCUT2D eigenvalue weighted by atomic mass is 10.5. The van der Waals surface area contributed by atoms with Crippen molar-refractivity contribution in [3.05, 3.63) is 0 Å². The zero-order valence-corrected chi connectivity index (χ0v) is 8.94. The Morgan fingerprint density at radius 3 is 1.44 bits per heavy atom. The molecule has 0 aromatic carbocycles. The SMILES string of the molecule is CC(C)[SiH](CS)C(C)C. The van der Waals surface area contributed by atoms with Crippen molar-refractivity contribution in [2.24, 2.45) is 0 Å². The van der Waals surface area contributed by atoms with E-state index in [1.54, 1.807) is 0 Å². The van der Waals surface area contributed by atoms with Crippen molar-refractivity contribution in [2.75, 3.05) is 5.38 Å². The Kier molecular flexibility index (Phi) is 4.67. The van der Waals surface area contributed by atoms with Crippen molar-refractivity contribution in [3.63, 3.8) is 0 Å². The first-order valence-electron chi connectivity index (χ1n) is 3.70. The molecule has 0 saturated heterocycles. The van der Waals surface area contributed by atoms with Crippen LogP contribution in [0.5, 0.6) is 0 Å². The highest BCUT2D eigenvalue weighted by Crippen LogP contribution is 2.20. The summed E-state index contributed by atoms with van der Waals surface area (Å²) in [7, 11) is -0.495. The molecule has 0 unspecified atom stereocenters. The third kappa shape index (κ3) is 3.31. The minimum absolute atomic E-state index is 0.495. The number of rotatable bonds is 3. The van der Waals surface area contributed by atoms with Crippen LogP contribution in [0.4, 0.5) is 0 Å². The fourth-order valence-electron chi connectivity index (χ4n) is 1.19. The summed E-state index contributed by atoms with van der Waals surface area (Å²) in [6.07, 6.45) is 0. The Morgan fingerprint density at radius 1 is 1.11 bits per heavy atom. The van der Waals surface area contributed by atoms with Crippen LogP contribution in [0.1, 0.15) is 27.7 Å². The van der Waals surface area contributed by atoms with Gasteiger partial charge in [0.25, 0.3) is 0 Å². The molecule has 0 nitrogen and oxygen atoms in total. The predicted octanol–water partition coefficient (Wildman–Crippen LogP) is 2.50. The lowest BCUT2D eigenvalue weighted by molar-refractivity contribution is 0.940. The predicted molar refractivity (Wildman–Crippen MR) is 51.2 cm³/mol. The average molecular weight is 162 g/mol. The van der Waals surface area contributed by atoms with Gasteiger partial charge in [-0.3, -0.25) is 0 Å². The normalized spacial score (nSPS) is 12.0. The standard InChI is InChI=1S/C7H18SSi/c1-6(2)9(5-8)7(3)4/h6-9H,5H2,1-4H3. The molecule has 0 fully saturated rings. The lowest BCUT2D eigenvalue weighted by Crippen LogP contribution is -2.23. The molecule has 0 amide bonds. The molecule has 0 saturated carbocycles. The van der Waals surface area contributed by atoms with E-state index in [0.717, 1.165) is 16.5 Å². The molecule has 0 heterocycles. The molecule has 9 heavy (non-hydrogen) atoms. The topological polar surface area (TPSA) is 0 Å². The Morgan fingerprint density at radius 2 is 1.44 bits per heavy atom. The van der Waals surface area contributed by atoms with Gasteiger partial charge in [0.15, 0.2) is 0 Å². The van der Waals surface area contributed by atoms with Crippen molar-refractivity contribution in [1.82, 2.24) is 0 Å². The van der Waals surface area contributed by atoms with Gasteiger partial charge in [0, 0.05) is 0 Å². The zero-order chi connectivity index (χ0) is 7.44.